The predicted octanol–water partition coefficient (Wildman–Crippen LogP) is 3.19. The fourth-order valence-electron chi connectivity index (χ4n) is 3.75. The molecule has 1 nitrogen and oxygen atoms in total. The highest BCUT2D eigenvalue weighted by molar-refractivity contribution is 5.02. The third-order valence-electron chi connectivity index (χ3n) is 4.55. The van der Waals surface area contributed by atoms with Gasteiger partial charge in [0.25, 0.3) is 0 Å². The maximum absolute atomic E-state index is 5.93. The Hall–Kier alpha value is -0.0400. The number of hydrogen-bond donors (Lipinski definition) is 1. The molecule has 2 fully saturated rings. The monoisotopic (exact) mass is 195 g/mol. The van der Waals surface area contributed by atoms with Crippen LogP contribution in [-0.4, -0.2) is 6.54 Å². The van der Waals surface area contributed by atoms with Crippen molar-refractivity contribution in [2.75, 3.05) is 6.54 Å². The van der Waals surface area contributed by atoms with E-state index in [0.717, 1.165) is 18.4 Å². The zero-order valence-corrected chi connectivity index (χ0v) is 9.97. The SMILES string of the molecule is CC1CC(C2(CN)CC2)CC(C)(C)C1. The minimum Gasteiger partial charge on any atom is -0.330 e. The zero-order chi connectivity index (χ0) is 10.4. The Morgan fingerprint density at radius 2 is 1.86 bits per heavy atom. The summed E-state index contributed by atoms with van der Waals surface area (Å²) in [5.74, 6) is 1.83. The van der Waals surface area contributed by atoms with Crippen LogP contribution in [0.2, 0.25) is 0 Å². The van der Waals surface area contributed by atoms with Crippen molar-refractivity contribution in [3.05, 3.63) is 0 Å². The van der Waals surface area contributed by atoms with E-state index in [0.29, 0.717) is 10.8 Å². The second-order valence-electron chi connectivity index (χ2n) is 6.68. The van der Waals surface area contributed by atoms with Gasteiger partial charge in [0.2, 0.25) is 0 Å². The molecule has 2 atom stereocenters. The molecule has 0 amide bonds. The van der Waals surface area contributed by atoms with E-state index in [2.05, 4.69) is 20.8 Å². The van der Waals surface area contributed by atoms with Crippen molar-refractivity contribution in [2.24, 2.45) is 28.4 Å². The molecule has 82 valence electrons. The summed E-state index contributed by atoms with van der Waals surface area (Å²) in [7, 11) is 0. The van der Waals surface area contributed by atoms with Gasteiger partial charge in [-0.15, -0.1) is 0 Å². The first-order chi connectivity index (χ1) is 6.47. The normalized spacial score (nSPS) is 39.4. The summed E-state index contributed by atoms with van der Waals surface area (Å²) in [6, 6.07) is 0. The van der Waals surface area contributed by atoms with Gasteiger partial charge in [0.15, 0.2) is 0 Å². The summed E-state index contributed by atoms with van der Waals surface area (Å²) in [4.78, 5) is 0. The van der Waals surface area contributed by atoms with E-state index in [9.17, 15) is 0 Å². The highest BCUT2D eigenvalue weighted by atomic mass is 14.7. The van der Waals surface area contributed by atoms with Crippen LogP contribution in [0.4, 0.5) is 0 Å². The summed E-state index contributed by atoms with van der Waals surface area (Å²) in [6.45, 7) is 8.21. The van der Waals surface area contributed by atoms with Gasteiger partial charge in [0.05, 0.1) is 0 Å². The summed E-state index contributed by atoms with van der Waals surface area (Å²) in [5.41, 5.74) is 7.07. The standard InChI is InChI=1S/C13H25N/c1-10-6-11(8-12(2,3)7-10)13(9-14)4-5-13/h10-11H,4-9,14H2,1-3H3. The van der Waals surface area contributed by atoms with Gasteiger partial charge in [-0.05, 0) is 61.3 Å². The van der Waals surface area contributed by atoms with Crippen molar-refractivity contribution >= 4 is 0 Å². The average molecular weight is 195 g/mol. The molecule has 0 saturated heterocycles. The van der Waals surface area contributed by atoms with Crippen molar-refractivity contribution in [3.8, 4) is 0 Å². The van der Waals surface area contributed by atoms with E-state index in [4.69, 9.17) is 5.73 Å². The van der Waals surface area contributed by atoms with E-state index < -0.39 is 0 Å². The highest BCUT2D eigenvalue weighted by Gasteiger charge is 2.51. The Labute approximate surface area is 88.4 Å². The minimum atomic E-state index is 0.563. The first-order valence-corrected chi connectivity index (χ1v) is 6.18. The van der Waals surface area contributed by atoms with Gasteiger partial charge in [0, 0.05) is 0 Å². The third-order valence-corrected chi connectivity index (χ3v) is 4.55. The maximum Gasteiger partial charge on any atom is -0.00179 e. The van der Waals surface area contributed by atoms with Crippen LogP contribution in [0.15, 0.2) is 0 Å². The van der Waals surface area contributed by atoms with Crippen LogP contribution < -0.4 is 5.73 Å². The Kier molecular flexibility index (Phi) is 2.42. The zero-order valence-electron chi connectivity index (χ0n) is 9.97. The molecule has 0 aliphatic heterocycles. The molecule has 0 aromatic rings. The highest BCUT2D eigenvalue weighted by Crippen LogP contribution is 2.59. The molecule has 1 heteroatoms. The van der Waals surface area contributed by atoms with Crippen LogP contribution >= 0.6 is 0 Å². The Balaban J connectivity index is 2.06. The topological polar surface area (TPSA) is 26.0 Å². The molecule has 2 aliphatic carbocycles. The number of nitrogens with two attached hydrogens (primary N) is 1. The molecule has 0 spiro atoms. The van der Waals surface area contributed by atoms with E-state index in [1.165, 1.54) is 32.1 Å². The Bertz CT molecular complexity index is 215. The van der Waals surface area contributed by atoms with Crippen LogP contribution in [0, 0.1) is 22.7 Å². The lowest BCUT2D eigenvalue weighted by molar-refractivity contribution is 0.0873. The Morgan fingerprint density at radius 3 is 2.29 bits per heavy atom. The maximum atomic E-state index is 5.93. The van der Waals surface area contributed by atoms with E-state index in [-0.39, 0.29) is 0 Å². The molecule has 2 saturated carbocycles. The summed E-state index contributed by atoms with van der Waals surface area (Å²) in [5, 5.41) is 0. The summed E-state index contributed by atoms with van der Waals surface area (Å²) in [6.07, 6.45) is 7.05. The third kappa shape index (κ3) is 1.84. The van der Waals surface area contributed by atoms with Crippen molar-refractivity contribution in [1.82, 2.24) is 0 Å². The molecule has 0 radical (unpaired) electrons. The van der Waals surface area contributed by atoms with Gasteiger partial charge in [-0.25, -0.2) is 0 Å². The lowest BCUT2D eigenvalue weighted by Gasteiger charge is -2.42. The van der Waals surface area contributed by atoms with Gasteiger partial charge in [-0.3, -0.25) is 0 Å². The second kappa shape index (κ2) is 3.23. The molecular formula is C13H25N. The first kappa shape index (κ1) is 10.5. The Morgan fingerprint density at radius 1 is 1.21 bits per heavy atom. The van der Waals surface area contributed by atoms with Gasteiger partial charge >= 0.3 is 0 Å². The molecule has 0 aromatic carbocycles. The molecule has 0 heterocycles. The van der Waals surface area contributed by atoms with Crippen LogP contribution in [0.3, 0.4) is 0 Å². The largest absolute Gasteiger partial charge is 0.330 e. The van der Waals surface area contributed by atoms with Gasteiger partial charge in [-0.2, -0.15) is 0 Å². The average Bonchev–Trinajstić information content (AvgIpc) is 2.80. The smallest absolute Gasteiger partial charge is 0.00179 e. The molecule has 2 unspecified atom stereocenters. The van der Waals surface area contributed by atoms with Gasteiger partial charge in [-0.1, -0.05) is 20.8 Å². The van der Waals surface area contributed by atoms with Crippen molar-refractivity contribution in [3.63, 3.8) is 0 Å². The van der Waals surface area contributed by atoms with E-state index in [1.54, 1.807) is 0 Å². The number of hydrogen-bond acceptors (Lipinski definition) is 1. The van der Waals surface area contributed by atoms with Crippen molar-refractivity contribution < 1.29 is 0 Å². The minimum absolute atomic E-state index is 0.563. The molecule has 2 N–H and O–H groups in total. The fraction of sp³-hybridized carbons (Fsp3) is 1.00. The quantitative estimate of drug-likeness (QED) is 0.719. The predicted molar refractivity (Wildman–Crippen MR) is 61.0 cm³/mol. The first-order valence-electron chi connectivity index (χ1n) is 6.18. The second-order valence-corrected chi connectivity index (χ2v) is 6.68. The van der Waals surface area contributed by atoms with Crippen LogP contribution in [0.5, 0.6) is 0 Å². The summed E-state index contributed by atoms with van der Waals surface area (Å²) >= 11 is 0. The fourth-order valence-corrected chi connectivity index (χ4v) is 3.75. The van der Waals surface area contributed by atoms with E-state index in [1.807, 2.05) is 0 Å². The van der Waals surface area contributed by atoms with Crippen LogP contribution in [0.1, 0.15) is 52.9 Å². The molecule has 0 aromatic heterocycles. The van der Waals surface area contributed by atoms with Crippen LogP contribution in [-0.2, 0) is 0 Å². The molecule has 2 rings (SSSR count). The van der Waals surface area contributed by atoms with Crippen molar-refractivity contribution in [1.29, 1.82) is 0 Å². The lowest BCUT2D eigenvalue weighted by atomic mass is 9.63. The van der Waals surface area contributed by atoms with Gasteiger partial charge in [0.1, 0.15) is 0 Å². The van der Waals surface area contributed by atoms with E-state index >= 15 is 0 Å². The molecule has 2 aliphatic rings. The molecule has 0 bridgehead atoms. The van der Waals surface area contributed by atoms with Crippen LogP contribution in [0.25, 0.3) is 0 Å². The van der Waals surface area contributed by atoms with Crippen molar-refractivity contribution in [2.45, 2.75) is 52.9 Å². The lowest BCUT2D eigenvalue weighted by Crippen LogP contribution is -2.35. The van der Waals surface area contributed by atoms with Gasteiger partial charge < -0.3 is 5.73 Å². The molecular weight excluding hydrogens is 170 g/mol. The molecule has 14 heavy (non-hydrogen) atoms. The number of rotatable bonds is 2. The summed E-state index contributed by atoms with van der Waals surface area (Å²) < 4.78 is 0.